The molecule has 1 N–H and O–H groups in total. The second-order valence-corrected chi connectivity index (χ2v) is 10.4. The molecule has 3 amide bonds. The average molecular weight is 581 g/mol. The maximum absolute atomic E-state index is 13.9. The van der Waals surface area contributed by atoms with Crippen molar-refractivity contribution in [2.45, 2.75) is 31.1 Å². The van der Waals surface area contributed by atoms with Gasteiger partial charge in [0.05, 0.1) is 12.2 Å². The first-order valence-electron chi connectivity index (χ1n) is 13.7. The van der Waals surface area contributed by atoms with E-state index in [1.807, 2.05) is 53.4 Å². The fraction of sp³-hybridized carbons (Fsp3) is 0.323. The lowest BCUT2D eigenvalue weighted by molar-refractivity contribution is -0.140. The number of hydrogen-bond donors (Lipinski definition) is 1. The van der Waals surface area contributed by atoms with Crippen molar-refractivity contribution in [3.63, 3.8) is 0 Å². The highest BCUT2D eigenvalue weighted by atomic mass is 19.4. The summed E-state index contributed by atoms with van der Waals surface area (Å²) in [6.07, 6.45) is -3.73. The number of hydrogen-bond acceptors (Lipinski definition) is 5. The number of amides is 3. The lowest BCUT2D eigenvalue weighted by Gasteiger charge is -2.43. The smallest absolute Gasteiger partial charge is 0.416 e. The third-order valence-corrected chi connectivity index (χ3v) is 7.71. The molecule has 8 nitrogen and oxygen atoms in total. The van der Waals surface area contributed by atoms with Crippen LogP contribution in [0.5, 0.6) is 5.75 Å². The molecule has 2 saturated heterocycles. The van der Waals surface area contributed by atoms with Crippen molar-refractivity contribution < 1.29 is 32.3 Å². The predicted octanol–water partition coefficient (Wildman–Crippen LogP) is 4.07. The number of anilines is 1. The molecule has 3 aromatic carbocycles. The van der Waals surface area contributed by atoms with Crippen molar-refractivity contribution in [1.29, 1.82) is 0 Å². The van der Waals surface area contributed by atoms with Crippen LogP contribution in [0.1, 0.15) is 24.0 Å². The van der Waals surface area contributed by atoms with Gasteiger partial charge < -0.3 is 24.8 Å². The Labute approximate surface area is 241 Å². The van der Waals surface area contributed by atoms with E-state index in [0.29, 0.717) is 37.2 Å². The molecule has 2 aliphatic rings. The summed E-state index contributed by atoms with van der Waals surface area (Å²) in [4.78, 5) is 44.7. The summed E-state index contributed by atoms with van der Waals surface area (Å²) in [6, 6.07) is 23.2. The number of halogens is 3. The number of nitrogens with zero attached hydrogens (tertiary/aromatic N) is 3. The molecule has 11 heteroatoms. The number of benzene rings is 3. The third kappa shape index (κ3) is 6.35. The number of piperidine rings is 1. The molecule has 0 unspecified atom stereocenters. The molecule has 0 aromatic heterocycles. The summed E-state index contributed by atoms with van der Waals surface area (Å²) in [5.74, 6) is -0.261. The van der Waals surface area contributed by atoms with Crippen LogP contribution >= 0.6 is 0 Å². The van der Waals surface area contributed by atoms with E-state index in [-0.39, 0.29) is 38.2 Å². The second-order valence-electron chi connectivity index (χ2n) is 10.4. The summed E-state index contributed by atoms with van der Waals surface area (Å²) in [5, 5.41) is 2.64. The molecule has 0 saturated carbocycles. The lowest BCUT2D eigenvalue weighted by Crippen LogP contribution is -2.58. The number of para-hydroxylation sites is 2. The fourth-order valence-corrected chi connectivity index (χ4v) is 5.49. The minimum atomic E-state index is -4.48. The van der Waals surface area contributed by atoms with Crippen LogP contribution in [0.4, 0.5) is 18.9 Å². The minimum absolute atomic E-state index is 0.0968. The molecular formula is C31H31F3N4O4. The maximum atomic E-state index is 13.9. The predicted molar refractivity (Wildman–Crippen MR) is 149 cm³/mol. The van der Waals surface area contributed by atoms with Gasteiger partial charge in [0.15, 0.2) is 6.61 Å². The van der Waals surface area contributed by atoms with E-state index >= 15 is 0 Å². The van der Waals surface area contributed by atoms with Crippen molar-refractivity contribution in [3.8, 4) is 5.75 Å². The van der Waals surface area contributed by atoms with Crippen molar-refractivity contribution in [2.24, 2.45) is 0 Å². The summed E-state index contributed by atoms with van der Waals surface area (Å²) in [5.41, 5.74) is -0.591. The fourth-order valence-electron chi connectivity index (χ4n) is 5.49. The number of ether oxygens (including phenoxy) is 1. The highest BCUT2D eigenvalue weighted by Crippen LogP contribution is 2.39. The molecule has 2 aliphatic heterocycles. The SMILES string of the molecule is O=C(CN1CN(c2ccccc2)C2(CCN(C(=O)COc3ccccc3)CC2)C1=O)NCc1cccc(C(F)(F)F)c1. The molecule has 0 radical (unpaired) electrons. The first kappa shape index (κ1) is 29.0. The molecule has 0 bridgehead atoms. The van der Waals surface area contributed by atoms with E-state index in [1.54, 1.807) is 17.0 Å². The molecule has 3 aromatic rings. The zero-order valence-corrected chi connectivity index (χ0v) is 22.8. The number of nitrogens with one attached hydrogen (secondary N) is 1. The number of rotatable bonds is 8. The second kappa shape index (κ2) is 12.1. The van der Waals surface area contributed by atoms with Gasteiger partial charge in [-0.25, -0.2) is 0 Å². The van der Waals surface area contributed by atoms with Gasteiger partial charge in [-0.15, -0.1) is 0 Å². The topological polar surface area (TPSA) is 82.2 Å². The number of carbonyl (C=O) groups is 3. The van der Waals surface area contributed by atoms with Crippen LogP contribution in [-0.2, 0) is 27.1 Å². The van der Waals surface area contributed by atoms with Crippen LogP contribution in [0, 0.1) is 0 Å². The van der Waals surface area contributed by atoms with Crippen LogP contribution in [-0.4, -0.2) is 66.0 Å². The Balaban J connectivity index is 1.23. The van der Waals surface area contributed by atoms with Crippen molar-refractivity contribution in [1.82, 2.24) is 15.1 Å². The van der Waals surface area contributed by atoms with Gasteiger partial charge in [-0.1, -0.05) is 48.5 Å². The Bertz CT molecular complexity index is 1410. The molecule has 0 aliphatic carbocycles. The molecule has 2 fully saturated rings. The highest BCUT2D eigenvalue weighted by molar-refractivity contribution is 5.96. The lowest BCUT2D eigenvalue weighted by atomic mass is 9.85. The van der Waals surface area contributed by atoms with Gasteiger partial charge in [0.1, 0.15) is 17.8 Å². The van der Waals surface area contributed by atoms with E-state index in [1.165, 1.54) is 17.0 Å². The van der Waals surface area contributed by atoms with E-state index in [9.17, 15) is 27.6 Å². The van der Waals surface area contributed by atoms with Gasteiger partial charge in [0.25, 0.3) is 11.8 Å². The van der Waals surface area contributed by atoms with Gasteiger partial charge in [0.2, 0.25) is 5.91 Å². The van der Waals surface area contributed by atoms with Gasteiger partial charge in [-0.05, 0) is 54.8 Å². The van der Waals surface area contributed by atoms with E-state index in [2.05, 4.69) is 5.32 Å². The molecule has 5 rings (SSSR count). The van der Waals surface area contributed by atoms with Gasteiger partial charge in [-0.3, -0.25) is 14.4 Å². The van der Waals surface area contributed by atoms with Gasteiger partial charge in [-0.2, -0.15) is 13.2 Å². The number of likely N-dealkylation sites (tertiary alicyclic amines) is 1. The summed E-state index contributed by atoms with van der Waals surface area (Å²) >= 11 is 0. The molecule has 0 atom stereocenters. The zero-order valence-electron chi connectivity index (χ0n) is 22.8. The number of alkyl halides is 3. The first-order valence-corrected chi connectivity index (χ1v) is 13.7. The average Bonchev–Trinajstić information content (AvgIpc) is 3.26. The summed E-state index contributed by atoms with van der Waals surface area (Å²) in [7, 11) is 0. The van der Waals surface area contributed by atoms with E-state index in [0.717, 1.165) is 17.8 Å². The molecule has 1 spiro atoms. The standard InChI is InChI=1S/C31H31F3N4O4/c32-31(33,34)24-9-7-8-23(18-24)19-35-27(39)20-37-22-38(25-10-3-1-4-11-25)30(29(37)41)14-16-36(17-15-30)28(40)21-42-26-12-5-2-6-13-26/h1-13,18H,14-17,19-22H2,(H,35,39). The normalized spacial score (nSPS) is 16.5. The van der Waals surface area contributed by atoms with Crippen molar-refractivity contribution in [2.75, 3.05) is 37.8 Å². The molecule has 2 heterocycles. The zero-order chi connectivity index (χ0) is 29.7. The van der Waals surface area contributed by atoms with Crippen LogP contribution in [0.25, 0.3) is 0 Å². The van der Waals surface area contributed by atoms with Gasteiger partial charge >= 0.3 is 6.18 Å². The molecule has 42 heavy (non-hydrogen) atoms. The number of carbonyl (C=O) groups excluding carboxylic acids is 3. The summed E-state index contributed by atoms with van der Waals surface area (Å²) < 4.78 is 44.7. The maximum Gasteiger partial charge on any atom is 0.416 e. The Morgan fingerprint density at radius 2 is 1.57 bits per heavy atom. The van der Waals surface area contributed by atoms with Crippen LogP contribution in [0.2, 0.25) is 0 Å². The first-order chi connectivity index (χ1) is 20.2. The molecular weight excluding hydrogens is 549 g/mol. The monoisotopic (exact) mass is 580 g/mol. The van der Waals surface area contributed by atoms with E-state index < -0.39 is 23.2 Å². The Hall–Kier alpha value is -4.54. The molecule has 220 valence electrons. The third-order valence-electron chi connectivity index (χ3n) is 7.71. The Morgan fingerprint density at radius 1 is 0.905 bits per heavy atom. The summed E-state index contributed by atoms with van der Waals surface area (Å²) in [6.45, 7) is 0.427. The van der Waals surface area contributed by atoms with E-state index in [4.69, 9.17) is 4.74 Å². The van der Waals surface area contributed by atoms with Crippen LogP contribution in [0.15, 0.2) is 84.9 Å². The minimum Gasteiger partial charge on any atom is -0.484 e. The van der Waals surface area contributed by atoms with Gasteiger partial charge in [0, 0.05) is 25.3 Å². The Kier molecular flexibility index (Phi) is 8.37. The largest absolute Gasteiger partial charge is 0.484 e. The quantitative estimate of drug-likeness (QED) is 0.435. The highest BCUT2D eigenvalue weighted by Gasteiger charge is 2.54. The Morgan fingerprint density at radius 3 is 2.24 bits per heavy atom. The van der Waals surface area contributed by atoms with Crippen LogP contribution < -0.4 is 15.0 Å². The van der Waals surface area contributed by atoms with Crippen LogP contribution in [0.3, 0.4) is 0 Å². The van der Waals surface area contributed by atoms with Crippen molar-refractivity contribution in [3.05, 3.63) is 96.1 Å². The van der Waals surface area contributed by atoms with Crippen molar-refractivity contribution >= 4 is 23.4 Å².